The molecule has 4 aromatic heterocycles. The molecule has 5 aromatic carbocycles. The molecule has 1 saturated carbocycles. The summed E-state index contributed by atoms with van der Waals surface area (Å²) in [4.78, 5) is 31.6. The molecule has 0 spiro atoms. The minimum Gasteiger partial charge on any atom is -0.496 e. The van der Waals surface area contributed by atoms with E-state index in [1.165, 1.54) is 38.5 Å². The standard InChI is InChI=1S/C33H37N3O3.C30H28N2O2/c1-4-36-22(2)30(25-13-8-9-15-28(25)36)33(31-26(32(37)39-33)14-10-19-35-31)27-17-16-24(21-29(27)38-3)34-20-18-23-11-6-5-7-12-23;1-5-31-19(3)27(22-14-8-11-17-25(22)31)30(24-16-10-7-13-21(24)29(33)34-30)28-20(4)32(6-2)26-18-12-9-15-23(26)28/h8-10,13-17,19,21,23,34H,4-7,11-12,18,20H2,1-3H3;7-18H,5-6H2,1-4H3. The van der Waals surface area contributed by atoms with Crippen molar-refractivity contribution in [3.05, 3.63) is 195 Å². The molecule has 0 bridgehead atoms. The van der Waals surface area contributed by atoms with Crippen LogP contribution >= 0.6 is 0 Å². The van der Waals surface area contributed by atoms with Gasteiger partial charge in [-0.3, -0.25) is 4.98 Å². The Morgan fingerprint density at radius 2 is 1.08 bits per heavy atom. The second-order valence-electron chi connectivity index (χ2n) is 19.9. The van der Waals surface area contributed by atoms with E-state index in [0.29, 0.717) is 22.6 Å². The van der Waals surface area contributed by atoms with Crippen LogP contribution < -0.4 is 10.1 Å². The predicted octanol–water partition coefficient (Wildman–Crippen LogP) is 13.9. The Kier molecular flexibility index (Phi) is 12.5. The highest BCUT2D eigenvalue weighted by Crippen LogP contribution is 2.55. The molecule has 10 heteroatoms. The lowest BCUT2D eigenvalue weighted by molar-refractivity contribution is 0.0234. The smallest absolute Gasteiger partial charge is 0.341 e. The molecular formula is C63H65N5O5. The summed E-state index contributed by atoms with van der Waals surface area (Å²) in [7, 11) is 1.68. The number of esters is 2. The zero-order valence-corrected chi connectivity index (χ0v) is 43.2. The number of carbonyl (C=O) groups excluding carboxylic acids is 2. The van der Waals surface area contributed by atoms with Gasteiger partial charge in [-0.15, -0.1) is 0 Å². The summed E-state index contributed by atoms with van der Waals surface area (Å²) in [6.45, 7) is 16.3. The van der Waals surface area contributed by atoms with Crippen molar-refractivity contribution in [2.75, 3.05) is 19.0 Å². The van der Waals surface area contributed by atoms with Gasteiger partial charge in [0, 0.05) is 122 Å². The minimum atomic E-state index is -1.23. The van der Waals surface area contributed by atoms with Crippen LogP contribution in [0.15, 0.2) is 134 Å². The van der Waals surface area contributed by atoms with Crippen molar-refractivity contribution in [3.63, 3.8) is 0 Å². The van der Waals surface area contributed by atoms with Crippen LogP contribution in [0.2, 0.25) is 0 Å². The SMILES string of the molecule is CCn1c(C)c(C2(c3c(C)n(CC)c4ccccc34)OC(=O)c3ccccc32)c2ccccc21.CCn1c(C)c(C2(c3ccc(NCCC4CCCCC4)cc3OC)OC(=O)c3cccnc32)c2ccccc21. The number of methoxy groups -OCH3 is 1. The largest absolute Gasteiger partial charge is 0.496 e. The van der Waals surface area contributed by atoms with E-state index in [4.69, 9.17) is 19.2 Å². The Morgan fingerprint density at radius 1 is 0.589 bits per heavy atom. The average molecular weight is 972 g/mol. The number of para-hydroxylation sites is 3. The van der Waals surface area contributed by atoms with Crippen molar-refractivity contribution < 1.29 is 23.8 Å². The highest BCUT2D eigenvalue weighted by atomic mass is 16.6. The number of hydrogen-bond acceptors (Lipinski definition) is 7. The maximum Gasteiger partial charge on any atom is 0.341 e. The summed E-state index contributed by atoms with van der Waals surface area (Å²) < 4.78 is 26.0. The molecule has 372 valence electrons. The lowest BCUT2D eigenvalue weighted by Gasteiger charge is -2.31. The summed E-state index contributed by atoms with van der Waals surface area (Å²) in [5, 5.41) is 6.90. The lowest BCUT2D eigenvalue weighted by Crippen LogP contribution is -2.32. The minimum absolute atomic E-state index is 0.268. The number of fused-ring (bicyclic) bond motifs is 5. The molecule has 1 aliphatic carbocycles. The first-order valence-corrected chi connectivity index (χ1v) is 26.3. The molecule has 1 fully saturated rings. The third-order valence-corrected chi connectivity index (χ3v) is 16.3. The fourth-order valence-electron chi connectivity index (χ4n) is 13.1. The van der Waals surface area contributed by atoms with Crippen molar-refractivity contribution in [1.29, 1.82) is 0 Å². The molecule has 10 nitrogen and oxygen atoms in total. The molecule has 0 amide bonds. The Labute approximate surface area is 427 Å². The van der Waals surface area contributed by atoms with E-state index >= 15 is 0 Å². The molecular weight excluding hydrogens is 907 g/mol. The number of nitrogens with zero attached hydrogens (tertiary/aromatic N) is 4. The van der Waals surface area contributed by atoms with Crippen molar-refractivity contribution >= 4 is 50.3 Å². The molecule has 9 aromatic rings. The highest BCUT2D eigenvalue weighted by Gasteiger charge is 2.55. The summed E-state index contributed by atoms with van der Waals surface area (Å²) in [5.41, 5.74) is 11.9. The van der Waals surface area contributed by atoms with Crippen molar-refractivity contribution in [3.8, 4) is 5.75 Å². The van der Waals surface area contributed by atoms with Crippen LogP contribution in [0, 0.1) is 26.7 Å². The van der Waals surface area contributed by atoms with E-state index in [1.807, 2.05) is 42.5 Å². The number of aromatic nitrogens is 4. The Morgan fingerprint density at radius 3 is 1.64 bits per heavy atom. The molecule has 0 radical (unpaired) electrons. The fourth-order valence-corrected chi connectivity index (χ4v) is 13.1. The van der Waals surface area contributed by atoms with Gasteiger partial charge in [0.05, 0.1) is 18.2 Å². The Balaban J connectivity index is 0.000000159. The number of pyridine rings is 1. The van der Waals surface area contributed by atoms with Gasteiger partial charge in [-0.25, -0.2) is 9.59 Å². The molecule has 1 atom stereocenters. The normalized spacial score (nSPS) is 17.1. The molecule has 2 aliphatic heterocycles. The van der Waals surface area contributed by atoms with E-state index in [1.54, 1.807) is 25.4 Å². The summed E-state index contributed by atoms with van der Waals surface area (Å²) >= 11 is 0. The van der Waals surface area contributed by atoms with Gasteiger partial charge in [0.1, 0.15) is 11.4 Å². The number of anilines is 1. The van der Waals surface area contributed by atoms with E-state index in [-0.39, 0.29) is 11.9 Å². The zero-order valence-electron chi connectivity index (χ0n) is 43.2. The van der Waals surface area contributed by atoms with Crippen molar-refractivity contribution in [2.24, 2.45) is 5.92 Å². The first-order chi connectivity index (χ1) is 35.6. The van der Waals surface area contributed by atoms with Gasteiger partial charge < -0.3 is 33.2 Å². The first-order valence-electron chi connectivity index (χ1n) is 26.3. The van der Waals surface area contributed by atoms with Gasteiger partial charge in [-0.05, 0) is 102 Å². The number of carbonyl (C=O) groups is 2. The van der Waals surface area contributed by atoms with E-state index < -0.39 is 11.2 Å². The number of nitrogens with one attached hydrogen (secondary N) is 1. The summed E-state index contributed by atoms with van der Waals surface area (Å²) in [6.07, 6.45) is 9.69. The lowest BCUT2D eigenvalue weighted by atomic mass is 9.77. The van der Waals surface area contributed by atoms with Gasteiger partial charge in [-0.2, -0.15) is 0 Å². The maximum absolute atomic E-state index is 13.4. The quantitative estimate of drug-likeness (QED) is 0.122. The molecule has 0 saturated heterocycles. The van der Waals surface area contributed by atoms with Crippen LogP contribution in [-0.2, 0) is 40.3 Å². The number of ether oxygens (including phenoxy) is 3. The third-order valence-electron chi connectivity index (χ3n) is 16.3. The highest BCUT2D eigenvalue weighted by molar-refractivity contribution is 6.02. The Hall–Kier alpha value is -7.59. The number of rotatable bonds is 12. The van der Waals surface area contributed by atoms with E-state index in [0.717, 1.165) is 115 Å². The van der Waals surface area contributed by atoms with Gasteiger partial charge in [-0.1, -0.05) is 105 Å². The van der Waals surface area contributed by atoms with Crippen LogP contribution in [-0.4, -0.2) is 44.3 Å². The number of cyclic esters (lactones) is 2. The number of aryl methyl sites for hydroxylation is 3. The monoisotopic (exact) mass is 971 g/mol. The third kappa shape index (κ3) is 7.38. The first kappa shape index (κ1) is 47.7. The summed E-state index contributed by atoms with van der Waals surface area (Å²) in [6, 6.07) is 42.9. The van der Waals surface area contributed by atoms with Crippen LogP contribution in [0.3, 0.4) is 0 Å². The molecule has 73 heavy (non-hydrogen) atoms. The Bertz CT molecular complexity index is 3500. The topological polar surface area (TPSA) is 102 Å². The van der Waals surface area contributed by atoms with Crippen molar-refractivity contribution in [1.82, 2.24) is 18.7 Å². The zero-order chi connectivity index (χ0) is 50.6. The van der Waals surface area contributed by atoms with Gasteiger partial charge >= 0.3 is 11.9 Å². The molecule has 1 N–H and O–H groups in total. The van der Waals surface area contributed by atoms with E-state index in [2.05, 4.69) is 133 Å². The second kappa shape index (κ2) is 19.1. The molecule has 1 unspecified atom stereocenters. The van der Waals surface area contributed by atoms with Crippen LogP contribution in [0.1, 0.15) is 131 Å². The molecule has 3 aliphatic rings. The molecule has 12 rings (SSSR count). The van der Waals surface area contributed by atoms with Crippen LogP contribution in [0.4, 0.5) is 5.69 Å². The number of hydrogen-bond donors (Lipinski definition) is 1. The summed E-state index contributed by atoms with van der Waals surface area (Å²) in [5.74, 6) is 0.838. The fraction of sp³-hybridized carbons (Fsp3) is 0.317. The van der Waals surface area contributed by atoms with Gasteiger partial charge in [0.2, 0.25) is 5.60 Å². The van der Waals surface area contributed by atoms with Crippen molar-refractivity contribution in [2.45, 2.75) is 111 Å². The molecule has 6 heterocycles. The van der Waals surface area contributed by atoms with Crippen LogP contribution in [0.25, 0.3) is 32.7 Å². The number of benzene rings is 5. The predicted molar refractivity (Wildman–Crippen MR) is 291 cm³/mol. The van der Waals surface area contributed by atoms with E-state index in [9.17, 15) is 9.59 Å². The maximum atomic E-state index is 13.4. The van der Waals surface area contributed by atoms with Crippen LogP contribution in [0.5, 0.6) is 5.75 Å². The van der Waals surface area contributed by atoms with Gasteiger partial charge in [0.15, 0.2) is 5.60 Å². The van der Waals surface area contributed by atoms with Gasteiger partial charge in [0.25, 0.3) is 0 Å². The average Bonchev–Trinajstić information content (AvgIpc) is 4.17. The second-order valence-corrected chi connectivity index (χ2v) is 19.9.